The van der Waals surface area contributed by atoms with E-state index in [0.29, 0.717) is 28.2 Å². The van der Waals surface area contributed by atoms with E-state index in [4.69, 9.17) is 5.73 Å². The number of amides is 3. The van der Waals surface area contributed by atoms with E-state index in [-0.39, 0.29) is 30.8 Å². The van der Waals surface area contributed by atoms with Crippen molar-refractivity contribution in [3.05, 3.63) is 131 Å². The van der Waals surface area contributed by atoms with Crippen LogP contribution in [-0.2, 0) is 29.1 Å². The quantitative estimate of drug-likeness (QED) is 0.272. The molecule has 0 saturated carbocycles. The number of nitrogens with one attached hydrogen (secondary N) is 2. The fraction of sp³-hybridized carbons (Fsp3) is 0.235. The second kappa shape index (κ2) is 11.8. The van der Waals surface area contributed by atoms with Gasteiger partial charge in [-0.05, 0) is 36.2 Å². The smallest absolute Gasteiger partial charge is 0.368 e. The molecular formula is C34H31F3N6O3. The number of H-pyrrole nitrogens is 1. The molecule has 9 nitrogen and oxygen atoms in total. The average Bonchev–Trinajstić information content (AvgIpc) is 3.66. The number of fused-ring (bicyclic) bond motifs is 2. The number of para-hydroxylation sites is 1. The van der Waals surface area contributed by atoms with Crippen LogP contribution in [0.1, 0.15) is 45.8 Å². The zero-order valence-corrected chi connectivity index (χ0v) is 24.8. The summed E-state index contributed by atoms with van der Waals surface area (Å²) < 4.78 is 45.8. The number of aromatic nitrogens is 3. The van der Waals surface area contributed by atoms with Gasteiger partial charge in [-0.15, -0.1) is 0 Å². The zero-order valence-electron chi connectivity index (χ0n) is 24.8. The minimum absolute atomic E-state index is 0.00826. The van der Waals surface area contributed by atoms with Crippen LogP contribution < -0.4 is 16.0 Å². The van der Waals surface area contributed by atoms with E-state index in [9.17, 15) is 27.6 Å². The molecule has 2 aromatic carbocycles. The molecule has 0 saturated heterocycles. The molecule has 2 aliphatic rings. The minimum Gasteiger partial charge on any atom is -0.368 e. The first-order chi connectivity index (χ1) is 22.0. The number of carbonyl (C=O) groups excluding carboxylic acids is 3. The zero-order chi connectivity index (χ0) is 32.6. The van der Waals surface area contributed by atoms with Gasteiger partial charge in [-0.1, -0.05) is 66.8 Å². The van der Waals surface area contributed by atoms with E-state index in [2.05, 4.69) is 15.3 Å². The van der Waals surface area contributed by atoms with Gasteiger partial charge in [-0.3, -0.25) is 14.4 Å². The fourth-order valence-corrected chi connectivity index (χ4v) is 6.13. The standard InChI is InChI=1S/C34H31F3N6O3/c1-33(34(35,36)37)16-22(11-13-26(33)21-7-3-2-4-8-21)32(46)43-19-25-12-14-29(42(25)18-23-9-5-6-10-28(23)43)31(45)41-27(30(38)44)15-24-17-39-20-40-24/h2-14,16-17,20,26-27H,15,18-19H2,1H3,(H2,38,44)(H,39,40)(H,41,45)/t26?,27-,33?/m0/s1. The van der Waals surface area contributed by atoms with Gasteiger partial charge in [0.15, 0.2) is 0 Å². The van der Waals surface area contributed by atoms with Gasteiger partial charge in [0.1, 0.15) is 11.7 Å². The maximum atomic E-state index is 14.7. The molecule has 46 heavy (non-hydrogen) atoms. The predicted molar refractivity (Wildman–Crippen MR) is 164 cm³/mol. The predicted octanol–water partition coefficient (Wildman–Crippen LogP) is 4.78. The lowest BCUT2D eigenvalue weighted by Gasteiger charge is -2.38. The largest absolute Gasteiger partial charge is 0.398 e. The van der Waals surface area contributed by atoms with Crippen molar-refractivity contribution >= 4 is 23.4 Å². The van der Waals surface area contributed by atoms with Crippen LogP contribution in [0.5, 0.6) is 0 Å². The van der Waals surface area contributed by atoms with Gasteiger partial charge < -0.3 is 25.5 Å². The van der Waals surface area contributed by atoms with Crippen LogP contribution in [0.15, 0.2) is 103 Å². The summed E-state index contributed by atoms with van der Waals surface area (Å²) in [7, 11) is 0. The van der Waals surface area contributed by atoms with Crippen molar-refractivity contribution in [2.45, 2.75) is 44.6 Å². The van der Waals surface area contributed by atoms with Crippen molar-refractivity contribution in [2.24, 2.45) is 11.1 Å². The number of primary amides is 1. The highest BCUT2D eigenvalue weighted by Gasteiger charge is 2.55. The molecule has 4 N–H and O–H groups in total. The summed E-state index contributed by atoms with van der Waals surface area (Å²) in [6.07, 6.45) is 2.44. The van der Waals surface area contributed by atoms with E-state index in [1.807, 2.05) is 0 Å². The molecule has 0 radical (unpaired) electrons. The third-order valence-electron chi connectivity index (χ3n) is 8.68. The lowest BCUT2D eigenvalue weighted by molar-refractivity contribution is -0.204. The Morgan fingerprint density at radius 1 is 1.07 bits per heavy atom. The van der Waals surface area contributed by atoms with Crippen molar-refractivity contribution in [1.29, 1.82) is 0 Å². The molecule has 236 valence electrons. The second-order valence-corrected chi connectivity index (χ2v) is 11.6. The first-order valence-electron chi connectivity index (χ1n) is 14.6. The number of nitrogens with zero attached hydrogens (tertiary/aromatic N) is 3. The lowest BCUT2D eigenvalue weighted by atomic mass is 9.69. The summed E-state index contributed by atoms with van der Waals surface area (Å²) in [5, 5.41) is 2.68. The van der Waals surface area contributed by atoms with Crippen LogP contribution in [0.4, 0.5) is 18.9 Å². The Morgan fingerprint density at radius 2 is 1.80 bits per heavy atom. The topological polar surface area (TPSA) is 126 Å². The van der Waals surface area contributed by atoms with Crippen molar-refractivity contribution in [2.75, 3.05) is 4.90 Å². The highest BCUT2D eigenvalue weighted by atomic mass is 19.4. The second-order valence-electron chi connectivity index (χ2n) is 11.6. The number of nitrogens with two attached hydrogens (primary N) is 1. The third kappa shape index (κ3) is 5.62. The molecule has 12 heteroatoms. The van der Waals surface area contributed by atoms with E-state index in [1.165, 1.54) is 23.4 Å². The highest BCUT2D eigenvalue weighted by Crippen LogP contribution is 2.52. The number of allylic oxidation sites excluding steroid dienone is 2. The molecule has 0 spiro atoms. The van der Waals surface area contributed by atoms with Crippen LogP contribution in [0, 0.1) is 5.41 Å². The van der Waals surface area contributed by atoms with E-state index in [1.54, 1.807) is 77.5 Å². The van der Waals surface area contributed by atoms with Crippen molar-refractivity contribution in [3.63, 3.8) is 0 Å². The molecule has 2 unspecified atom stereocenters. The molecule has 3 heterocycles. The van der Waals surface area contributed by atoms with Crippen LogP contribution in [0.3, 0.4) is 0 Å². The highest BCUT2D eigenvalue weighted by molar-refractivity contribution is 6.08. The molecule has 0 bridgehead atoms. The summed E-state index contributed by atoms with van der Waals surface area (Å²) in [5.74, 6) is -2.89. The number of aromatic amines is 1. The monoisotopic (exact) mass is 628 g/mol. The van der Waals surface area contributed by atoms with E-state index >= 15 is 0 Å². The van der Waals surface area contributed by atoms with Crippen molar-refractivity contribution < 1.29 is 27.6 Å². The Kier molecular flexibility index (Phi) is 7.89. The molecule has 3 atom stereocenters. The lowest BCUT2D eigenvalue weighted by Crippen LogP contribution is -2.46. The molecule has 4 aromatic rings. The van der Waals surface area contributed by atoms with Gasteiger partial charge in [-0.25, -0.2) is 4.98 Å². The van der Waals surface area contributed by atoms with Gasteiger partial charge in [0.05, 0.1) is 30.5 Å². The Labute approximate surface area is 262 Å². The molecule has 6 rings (SSSR count). The molecule has 2 aromatic heterocycles. The summed E-state index contributed by atoms with van der Waals surface area (Å²) in [6, 6.07) is 17.7. The molecule has 3 amide bonds. The number of rotatable bonds is 7. The minimum atomic E-state index is -4.64. The Morgan fingerprint density at radius 3 is 2.50 bits per heavy atom. The molecule has 0 fully saturated rings. The Bertz CT molecular complexity index is 1840. The van der Waals surface area contributed by atoms with E-state index in [0.717, 1.165) is 13.0 Å². The summed E-state index contributed by atoms with van der Waals surface area (Å²) in [4.78, 5) is 48.1. The third-order valence-corrected chi connectivity index (χ3v) is 8.68. The van der Waals surface area contributed by atoms with Crippen LogP contribution in [-0.4, -0.2) is 44.5 Å². The number of hydrogen-bond acceptors (Lipinski definition) is 4. The number of anilines is 1. The fourth-order valence-electron chi connectivity index (χ4n) is 6.13. The number of alkyl halides is 3. The molecule has 1 aliphatic heterocycles. The number of carbonyl (C=O) groups is 3. The van der Waals surface area contributed by atoms with E-state index < -0.39 is 41.3 Å². The normalized spacial score (nSPS) is 19.8. The number of halogens is 3. The Hall–Kier alpha value is -5.39. The van der Waals surface area contributed by atoms with Crippen molar-refractivity contribution in [1.82, 2.24) is 19.9 Å². The van der Waals surface area contributed by atoms with Crippen LogP contribution in [0.25, 0.3) is 0 Å². The maximum Gasteiger partial charge on any atom is 0.398 e. The number of hydrogen-bond donors (Lipinski definition) is 3. The van der Waals surface area contributed by atoms with Gasteiger partial charge in [0.25, 0.3) is 11.8 Å². The number of imidazole rings is 1. The summed E-state index contributed by atoms with van der Waals surface area (Å²) in [6.45, 7) is 1.31. The van der Waals surface area contributed by atoms with Gasteiger partial charge in [0, 0.05) is 35.5 Å². The summed E-state index contributed by atoms with van der Waals surface area (Å²) >= 11 is 0. The molecule has 1 aliphatic carbocycles. The van der Waals surface area contributed by atoms with Gasteiger partial charge in [0.2, 0.25) is 5.91 Å². The van der Waals surface area contributed by atoms with Gasteiger partial charge >= 0.3 is 6.18 Å². The Balaban J connectivity index is 1.32. The number of benzene rings is 2. The van der Waals surface area contributed by atoms with Gasteiger partial charge in [-0.2, -0.15) is 13.2 Å². The maximum absolute atomic E-state index is 14.7. The van der Waals surface area contributed by atoms with Crippen molar-refractivity contribution in [3.8, 4) is 0 Å². The van der Waals surface area contributed by atoms with Crippen LogP contribution >= 0.6 is 0 Å². The first-order valence-corrected chi connectivity index (χ1v) is 14.6. The SMILES string of the molecule is CC1(C(F)(F)F)C=C(C(=O)N2Cc3ccc(C(=O)N[C@@H](Cc4c[nH]cn4)C(N)=O)n3Cc3ccccc32)C=CC1c1ccccc1. The first kappa shape index (κ1) is 30.6. The van der Waals surface area contributed by atoms with Crippen LogP contribution in [0.2, 0.25) is 0 Å². The summed E-state index contributed by atoms with van der Waals surface area (Å²) in [5.41, 5.74) is 6.21. The molecular weight excluding hydrogens is 597 g/mol. The average molecular weight is 629 g/mol.